The van der Waals surface area contributed by atoms with Gasteiger partial charge in [0.1, 0.15) is 0 Å². The number of sulfone groups is 1. The van der Waals surface area contributed by atoms with E-state index in [1.807, 2.05) is 36.4 Å². The van der Waals surface area contributed by atoms with Crippen LogP contribution in [0.2, 0.25) is 0 Å². The van der Waals surface area contributed by atoms with Crippen molar-refractivity contribution in [3.8, 4) is 0 Å². The summed E-state index contributed by atoms with van der Waals surface area (Å²) in [4.78, 5) is 12.3. The van der Waals surface area contributed by atoms with Gasteiger partial charge in [-0.25, -0.2) is 8.42 Å². The van der Waals surface area contributed by atoms with Crippen molar-refractivity contribution in [2.24, 2.45) is 5.92 Å². The standard InChI is InChI=1S/C16H17NO3S/c18-16(17-10-12-8-9-21(19,20)11-12)15-7-3-5-13-4-1-2-6-14(13)15/h1-7,12H,8-11H2,(H,17,18). The number of nitrogens with one attached hydrogen (secondary N) is 1. The topological polar surface area (TPSA) is 63.2 Å². The van der Waals surface area contributed by atoms with Crippen molar-refractivity contribution in [2.75, 3.05) is 18.1 Å². The monoisotopic (exact) mass is 303 g/mol. The SMILES string of the molecule is O=C(NCC1CCS(=O)(=O)C1)c1cccc2ccccc12. The predicted octanol–water partition coefficient (Wildman–Crippen LogP) is 2.00. The second kappa shape index (κ2) is 5.48. The molecular weight excluding hydrogens is 286 g/mol. The predicted molar refractivity (Wildman–Crippen MR) is 83.0 cm³/mol. The lowest BCUT2D eigenvalue weighted by Gasteiger charge is -2.11. The molecule has 0 aromatic heterocycles. The van der Waals surface area contributed by atoms with Crippen molar-refractivity contribution in [3.05, 3.63) is 48.0 Å². The van der Waals surface area contributed by atoms with E-state index in [-0.39, 0.29) is 23.3 Å². The fourth-order valence-electron chi connectivity index (χ4n) is 2.79. The maximum absolute atomic E-state index is 12.3. The van der Waals surface area contributed by atoms with Gasteiger partial charge in [0.05, 0.1) is 11.5 Å². The molecule has 2 aromatic carbocycles. The molecule has 1 amide bonds. The Morgan fingerprint density at radius 2 is 1.90 bits per heavy atom. The van der Waals surface area contributed by atoms with Gasteiger partial charge in [-0.05, 0) is 29.2 Å². The molecule has 5 heteroatoms. The number of fused-ring (bicyclic) bond motifs is 1. The van der Waals surface area contributed by atoms with E-state index in [0.717, 1.165) is 10.8 Å². The van der Waals surface area contributed by atoms with Crippen molar-refractivity contribution < 1.29 is 13.2 Å². The molecule has 21 heavy (non-hydrogen) atoms. The molecule has 1 aliphatic heterocycles. The van der Waals surface area contributed by atoms with Crippen LogP contribution in [-0.2, 0) is 9.84 Å². The van der Waals surface area contributed by atoms with Crippen molar-refractivity contribution >= 4 is 26.5 Å². The smallest absolute Gasteiger partial charge is 0.251 e. The van der Waals surface area contributed by atoms with Crippen LogP contribution in [0.3, 0.4) is 0 Å². The highest BCUT2D eigenvalue weighted by molar-refractivity contribution is 7.91. The van der Waals surface area contributed by atoms with Crippen molar-refractivity contribution in [2.45, 2.75) is 6.42 Å². The summed E-state index contributed by atoms with van der Waals surface area (Å²) in [6.07, 6.45) is 0.637. The van der Waals surface area contributed by atoms with E-state index in [9.17, 15) is 13.2 Å². The highest BCUT2D eigenvalue weighted by Gasteiger charge is 2.28. The van der Waals surface area contributed by atoms with Crippen LogP contribution >= 0.6 is 0 Å². The van der Waals surface area contributed by atoms with Crippen LogP contribution in [0, 0.1) is 5.92 Å². The zero-order chi connectivity index (χ0) is 14.9. The van der Waals surface area contributed by atoms with Crippen molar-refractivity contribution in [1.29, 1.82) is 0 Å². The average molecular weight is 303 g/mol. The summed E-state index contributed by atoms with van der Waals surface area (Å²) in [5.74, 6) is 0.315. The van der Waals surface area contributed by atoms with Crippen LogP contribution in [0.25, 0.3) is 10.8 Å². The molecular formula is C16H17NO3S. The van der Waals surface area contributed by atoms with Gasteiger partial charge in [0.15, 0.2) is 9.84 Å². The molecule has 110 valence electrons. The Hall–Kier alpha value is -1.88. The fraction of sp³-hybridized carbons (Fsp3) is 0.312. The van der Waals surface area contributed by atoms with Crippen LogP contribution < -0.4 is 5.32 Å². The molecule has 3 rings (SSSR count). The zero-order valence-corrected chi connectivity index (χ0v) is 12.4. The molecule has 1 aliphatic rings. The number of rotatable bonds is 3. The van der Waals surface area contributed by atoms with E-state index in [2.05, 4.69) is 5.32 Å². The Bertz CT molecular complexity index is 778. The lowest BCUT2D eigenvalue weighted by Crippen LogP contribution is -2.29. The number of carbonyl (C=O) groups excluding carboxylic acids is 1. The number of carbonyl (C=O) groups is 1. The largest absolute Gasteiger partial charge is 0.352 e. The fourth-order valence-corrected chi connectivity index (χ4v) is 4.65. The van der Waals surface area contributed by atoms with Crippen LogP contribution in [0.15, 0.2) is 42.5 Å². The second-order valence-electron chi connectivity index (χ2n) is 5.51. The van der Waals surface area contributed by atoms with E-state index in [0.29, 0.717) is 18.5 Å². The van der Waals surface area contributed by atoms with Crippen LogP contribution in [0.5, 0.6) is 0 Å². The molecule has 0 spiro atoms. The highest BCUT2D eigenvalue weighted by atomic mass is 32.2. The lowest BCUT2D eigenvalue weighted by molar-refractivity contribution is 0.0950. The average Bonchev–Trinajstić information content (AvgIpc) is 2.83. The van der Waals surface area contributed by atoms with E-state index in [1.165, 1.54) is 0 Å². The van der Waals surface area contributed by atoms with E-state index in [4.69, 9.17) is 0 Å². The van der Waals surface area contributed by atoms with Crippen LogP contribution in [0.1, 0.15) is 16.8 Å². The minimum atomic E-state index is -2.89. The second-order valence-corrected chi connectivity index (χ2v) is 7.73. The summed E-state index contributed by atoms with van der Waals surface area (Å²) in [6, 6.07) is 13.4. The summed E-state index contributed by atoms with van der Waals surface area (Å²) in [6.45, 7) is 0.418. The lowest BCUT2D eigenvalue weighted by atomic mass is 10.0. The molecule has 1 unspecified atom stereocenters. The third-order valence-corrected chi connectivity index (χ3v) is 5.75. The maximum atomic E-state index is 12.3. The highest BCUT2D eigenvalue weighted by Crippen LogP contribution is 2.20. The van der Waals surface area contributed by atoms with Gasteiger partial charge in [-0.2, -0.15) is 0 Å². The first-order valence-electron chi connectivity index (χ1n) is 7.01. The normalized spacial score (nSPS) is 20.5. The molecule has 0 aliphatic carbocycles. The van der Waals surface area contributed by atoms with Gasteiger partial charge in [-0.15, -0.1) is 0 Å². The van der Waals surface area contributed by atoms with Gasteiger partial charge in [0.25, 0.3) is 5.91 Å². The van der Waals surface area contributed by atoms with Gasteiger partial charge in [0.2, 0.25) is 0 Å². The Morgan fingerprint density at radius 1 is 1.14 bits per heavy atom. The van der Waals surface area contributed by atoms with Gasteiger partial charge >= 0.3 is 0 Å². The quantitative estimate of drug-likeness (QED) is 0.943. The summed E-state index contributed by atoms with van der Waals surface area (Å²) in [7, 11) is -2.89. The Balaban J connectivity index is 1.73. The molecule has 1 N–H and O–H groups in total. The summed E-state index contributed by atoms with van der Waals surface area (Å²) in [5.41, 5.74) is 0.633. The third-order valence-electron chi connectivity index (χ3n) is 3.91. The van der Waals surface area contributed by atoms with Crippen molar-refractivity contribution in [3.63, 3.8) is 0 Å². The molecule has 1 atom stereocenters. The summed E-state index contributed by atoms with van der Waals surface area (Å²) in [5, 5.41) is 4.80. The van der Waals surface area contributed by atoms with E-state index in [1.54, 1.807) is 6.07 Å². The van der Waals surface area contributed by atoms with Crippen LogP contribution in [0.4, 0.5) is 0 Å². The molecule has 0 bridgehead atoms. The number of hydrogen-bond donors (Lipinski definition) is 1. The third kappa shape index (κ3) is 3.08. The summed E-state index contributed by atoms with van der Waals surface area (Å²) >= 11 is 0. The van der Waals surface area contributed by atoms with Crippen LogP contribution in [-0.4, -0.2) is 32.4 Å². The number of benzene rings is 2. The molecule has 1 saturated heterocycles. The number of hydrogen-bond acceptors (Lipinski definition) is 3. The maximum Gasteiger partial charge on any atom is 0.251 e. The van der Waals surface area contributed by atoms with Gasteiger partial charge < -0.3 is 5.32 Å². The minimum Gasteiger partial charge on any atom is -0.352 e. The zero-order valence-electron chi connectivity index (χ0n) is 11.6. The Kier molecular flexibility index (Phi) is 3.68. The molecule has 1 heterocycles. The molecule has 0 saturated carbocycles. The van der Waals surface area contributed by atoms with Gasteiger partial charge in [-0.1, -0.05) is 36.4 Å². The van der Waals surface area contributed by atoms with E-state index >= 15 is 0 Å². The first-order valence-corrected chi connectivity index (χ1v) is 8.84. The van der Waals surface area contributed by atoms with E-state index < -0.39 is 9.84 Å². The van der Waals surface area contributed by atoms with Gasteiger partial charge in [0, 0.05) is 12.1 Å². The molecule has 4 nitrogen and oxygen atoms in total. The molecule has 0 radical (unpaired) electrons. The van der Waals surface area contributed by atoms with Crippen molar-refractivity contribution in [1.82, 2.24) is 5.32 Å². The number of amides is 1. The Morgan fingerprint density at radius 3 is 2.67 bits per heavy atom. The summed E-state index contributed by atoms with van der Waals surface area (Å²) < 4.78 is 22.8. The first-order chi connectivity index (χ1) is 10.1. The molecule has 2 aromatic rings. The van der Waals surface area contributed by atoms with Gasteiger partial charge in [-0.3, -0.25) is 4.79 Å². The Labute approximate surface area is 124 Å². The first kappa shape index (κ1) is 14.1. The minimum absolute atomic E-state index is 0.0360. The molecule has 1 fully saturated rings.